The molecule has 0 fully saturated rings. The van der Waals surface area contributed by atoms with Crippen LogP contribution in [0.15, 0.2) is 30.3 Å². The molecule has 1 aromatic heterocycles. The summed E-state index contributed by atoms with van der Waals surface area (Å²) in [7, 11) is 2.13. The number of para-hydroxylation sites is 1. The maximum atomic E-state index is 4.81. The third-order valence-corrected chi connectivity index (χ3v) is 3.73. The minimum atomic E-state index is 0.484. The summed E-state index contributed by atoms with van der Waals surface area (Å²) in [6.07, 6.45) is 2.41. The molecule has 1 aromatic carbocycles. The maximum absolute atomic E-state index is 4.81. The molecule has 0 atom stereocenters. The lowest BCUT2D eigenvalue weighted by Gasteiger charge is -2.20. The Bertz CT molecular complexity index is 578. The second-order valence-electron chi connectivity index (χ2n) is 5.97. The summed E-state index contributed by atoms with van der Waals surface area (Å²) >= 11 is 0. The van der Waals surface area contributed by atoms with Crippen LogP contribution in [-0.2, 0) is 6.54 Å². The average Bonchev–Trinajstić information content (AvgIpc) is 2.49. The molecule has 0 saturated carbocycles. The Kier molecular flexibility index (Phi) is 5.57. The standard InChI is InChI=1S/C18H27N3/c1-5-6-11-21(4)18-12-15(13-19-14(2)3)16-9-7-8-10-17(16)20-18/h7-10,12,14,19H,5-6,11,13H2,1-4H3. The van der Waals surface area contributed by atoms with Crippen molar-refractivity contribution >= 4 is 16.7 Å². The first-order chi connectivity index (χ1) is 10.1. The lowest BCUT2D eigenvalue weighted by atomic mass is 10.1. The van der Waals surface area contributed by atoms with Crippen molar-refractivity contribution in [3.8, 4) is 0 Å². The highest BCUT2D eigenvalue weighted by Gasteiger charge is 2.09. The van der Waals surface area contributed by atoms with Gasteiger partial charge in [-0.2, -0.15) is 0 Å². The summed E-state index contributed by atoms with van der Waals surface area (Å²) in [5.74, 6) is 1.07. The van der Waals surface area contributed by atoms with Crippen molar-refractivity contribution in [2.24, 2.45) is 0 Å². The molecule has 0 aliphatic heterocycles. The van der Waals surface area contributed by atoms with Crippen LogP contribution in [0.3, 0.4) is 0 Å². The Morgan fingerprint density at radius 2 is 2.00 bits per heavy atom. The van der Waals surface area contributed by atoms with Crippen molar-refractivity contribution in [3.05, 3.63) is 35.9 Å². The number of hydrogen-bond acceptors (Lipinski definition) is 3. The molecule has 1 heterocycles. The van der Waals surface area contributed by atoms with Crippen LogP contribution in [0.5, 0.6) is 0 Å². The summed E-state index contributed by atoms with van der Waals surface area (Å²) in [4.78, 5) is 7.07. The normalized spacial score (nSPS) is 11.3. The summed E-state index contributed by atoms with van der Waals surface area (Å²) in [6, 6.07) is 11.1. The number of fused-ring (bicyclic) bond motifs is 1. The molecule has 0 aliphatic rings. The Labute approximate surface area is 128 Å². The van der Waals surface area contributed by atoms with Gasteiger partial charge >= 0.3 is 0 Å². The number of rotatable bonds is 7. The zero-order valence-electron chi connectivity index (χ0n) is 13.7. The van der Waals surface area contributed by atoms with Gasteiger partial charge < -0.3 is 10.2 Å². The van der Waals surface area contributed by atoms with Crippen LogP contribution in [0.25, 0.3) is 10.9 Å². The van der Waals surface area contributed by atoms with Gasteiger partial charge in [-0.15, -0.1) is 0 Å². The first-order valence-electron chi connectivity index (χ1n) is 7.95. The number of nitrogens with zero attached hydrogens (tertiary/aromatic N) is 2. The van der Waals surface area contributed by atoms with Gasteiger partial charge in [0.25, 0.3) is 0 Å². The summed E-state index contributed by atoms with van der Waals surface area (Å²) < 4.78 is 0. The zero-order valence-corrected chi connectivity index (χ0v) is 13.7. The lowest BCUT2D eigenvalue weighted by Crippen LogP contribution is -2.23. The van der Waals surface area contributed by atoms with E-state index < -0.39 is 0 Å². The van der Waals surface area contributed by atoms with Crippen molar-refractivity contribution in [1.29, 1.82) is 0 Å². The highest BCUT2D eigenvalue weighted by Crippen LogP contribution is 2.22. The van der Waals surface area contributed by atoms with E-state index in [1.165, 1.54) is 23.8 Å². The number of anilines is 1. The average molecular weight is 285 g/mol. The minimum absolute atomic E-state index is 0.484. The maximum Gasteiger partial charge on any atom is 0.129 e. The quantitative estimate of drug-likeness (QED) is 0.834. The zero-order chi connectivity index (χ0) is 15.2. The third kappa shape index (κ3) is 4.18. The second-order valence-corrected chi connectivity index (χ2v) is 5.97. The van der Waals surface area contributed by atoms with E-state index in [2.05, 4.69) is 68.4 Å². The molecule has 0 spiro atoms. The van der Waals surface area contributed by atoms with E-state index in [0.29, 0.717) is 6.04 Å². The number of aromatic nitrogens is 1. The van der Waals surface area contributed by atoms with E-state index in [1.54, 1.807) is 0 Å². The molecular formula is C18H27N3. The van der Waals surface area contributed by atoms with Crippen LogP contribution in [0.2, 0.25) is 0 Å². The van der Waals surface area contributed by atoms with Crippen LogP contribution in [0.4, 0.5) is 5.82 Å². The Morgan fingerprint density at radius 3 is 2.71 bits per heavy atom. The molecule has 3 heteroatoms. The van der Waals surface area contributed by atoms with E-state index in [0.717, 1.165) is 24.4 Å². The molecule has 0 amide bonds. The first-order valence-corrected chi connectivity index (χ1v) is 7.95. The van der Waals surface area contributed by atoms with Crippen molar-refractivity contribution < 1.29 is 0 Å². The van der Waals surface area contributed by atoms with Gasteiger partial charge in [0.1, 0.15) is 5.82 Å². The minimum Gasteiger partial charge on any atom is -0.360 e. The predicted molar refractivity (Wildman–Crippen MR) is 91.9 cm³/mol. The van der Waals surface area contributed by atoms with Gasteiger partial charge in [0, 0.05) is 31.6 Å². The van der Waals surface area contributed by atoms with Crippen LogP contribution in [-0.4, -0.2) is 24.6 Å². The first kappa shape index (κ1) is 15.8. The van der Waals surface area contributed by atoms with Crippen molar-refractivity contribution in [2.45, 2.75) is 46.2 Å². The predicted octanol–water partition coefficient (Wildman–Crippen LogP) is 3.97. The number of benzene rings is 1. The van der Waals surface area contributed by atoms with Gasteiger partial charge in [-0.05, 0) is 24.1 Å². The van der Waals surface area contributed by atoms with Crippen LogP contribution < -0.4 is 10.2 Å². The van der Waals surface area contributed by atoms with Gasteiger partial charge in [0.05, 0.1) is 5.52 Å². The molecule has 0 radical (unpaired) electrons. The fourth-order valence-electron chi connectivity index (χ4n) is 2.40. The van der Waals surface area contributed by atoms with E-state index in [-0.39, 0.29) is 0 Å². The molecule has 21 heavy (non-hydrogen) atoms. The van der Waals surface area contributed by atoms with Crippen LogP contribution >= 0.6 is 0 Å². The smallest absolute Gasteiger partial charge is 0.129 e. The second kappa shape index (κ2) is 7.41. The third-order valence-electron chi connectivity index (χ3n) is 3.73. The van der Waals surface area contributed by atoms with Crippen molar-refractivity contribution in [2.75, 3.05) is 18.5 Å². The molecule has 2 aromatic rings. The van der Waals surface area contributed by atoms with Gasteiger partial charge in [0.15, 0.2) is 0 Å². The van der Waals surface area contributed by atoms with E-state index in [4.69, 9.17) is 4.98 Å². The molecule has 0 unspecified atom stereocenters. The molecule has 0 saturated heterocycles. The summed E-state index contributed by atoms with van der Waals surface area (Å²) in [5.41, 5.74) is 2.41. The van der Waals surface area contributed by atoms with Gasteiger partial charge in [-0.25, -0.2) is 4.98 Å². The number of unbranched alkanes of at least 4 members (excludes halogenated alkanes) is 1. The molecule has 3 nitrogen and oxygen atoms in total. The van der Waals surface area contributed by atoms with E-state index in [1.807, 2.05) is 0 Å². The van der Waals surface area contributed by atoms with Gasteiger partial charge in [0.2, 0.25) is 0 Å². The van der Waals surface area contributed by atoms with Crippen LogP contribution in [0, 0.1) is 0 Å². The van der Waals surface area contributed by atoms with Gasteiger partial charge in [-0.1, -0.05) is 45.4 Å². The number of hydrogen-bond donors (Lipinski definition) is 1. The van der Waals surface area contributed by atoms with Gasteiger partial charge in [-0.3, -0.25) is 0 Å². The van der Waals surface area contributed by atoms with E-state index >= 15 is 0 Å². The Morgan fingerprint density at radius 1 is 1.24 bits per heavy atom. The summed E-state index contributed by atoms with van der Waals surface area (Å²) in [5, 5.41) is 4.77. The Balaban J connectivity index is 2.34. The fraction of sp³-hybridized carbons (Fsp3) is 0.500. The number of nitrogens with one attached hydrogen (secondary N) is 1. The largest absolute Gasteiger partial charge is 0.360 e. The molecular weight excluding hydrogens is 258 g/mol. The lowest BCUT2D eigenvalue weighted by molar-refractivity contribution is 0.590. The van der Waals surface area contributed by atoms with E-state index in [9.17, 15) is 0 Å². The molecule has 0 aliphatic carbocycles. The molecule has 1 N–H and O–H groups in total. The molecule has 0 bridgehead atoms. The Hall–Kier alpha value is -1.61. The highest BCUT2D eigenvalue weighted by atomic mass is 15.2. The molecule has 2 rings (SSSR count). The summed E-state index contributed by atoms with van der Waals surface area (Å²) in [6.45, 7) is 8.52. The fourth-order valence-corrected chi connectivity index (χ4v) is 2.40. The highest BCUT2D eigenvalue weighted by molar-refractivity contribution is 5.84. The molecule has 114 valence electrons. The topological polar surface area (TPSA) is 28.2 Å². The van der Waals surface area contributed by atoms with Crippen molar-refractivity contribution in [1.82, 2.24) is 10.3 Å². The monoisotopic (exact) mass is 285 g/mol. The van der Waals surface area contributed by atoms with Crippen LogP contribution in [0.1, 0.15) is 39.2 Å². The van der Waals surface area contributed by atoms with Crippen molar-refractivity contribution in [3.63, 3.8) is 0 Å². The number of pyridine rings is 1. The SMILES string of the molecule is CCCCN(C)c1cc(CNC(C)C)c2ccccc2n1.